The van der Waals surface area contributed by atoms with Crippen molar-refractivity contribution >= 4 is 26.6 Å². The van der Waals surface area contributed by atoms with Crippen molar-refractivity contribution < 1.29 is 18.3 Å². The van der Waals surface area contributed by atoms with Crippen molar-refractivity contribution in [2.45, 2.75) is 42.4 Å². The Hall–Kier alpha value is -3.55. The largest absolute Gasteiger partial charge is 0.389 e. The molecule has 2 heterocycles. The van der Waals surface area contributed by atoms with Gasteiger partial charge in [0.25, 0.3) is 5.91 Å². The third-order valence-corrected chi connectivity index (χ3v) is 8.80. The van der Waals surface area contributed by atoms with Crippen LogP contribution < -0.4 is 0 Å². The average Bonchev–Trinajstić information content (AvgIpc) is 2.88. The van der Waals surface area contributed by atoms with Gasteiger partial charge in [-0.05, 0) is 55.2 Å². The molecule has 5 rings (SSSR count). The van der Waals surface area contributed by atoms with Gasteiger partial charge in [-0.25, -0.2) is 8.42 Å². The SMILES string of the molecule is Cc1cccc(CC2(O)CCN(C(=O)c3ccc(CS(=O)(=O)c4cccc5cccnc45)cc3)CC2)c1. The number of carbonyl (C=O) groups is 1. The molecule has 4 aromatic rings. The zero-order valence-corrected chi connectivity index (χ0v) is 21.6. The number of benzene rings is 3. The number of fused-ring (bicyclic) bond motifs is 1. The van der Waals surface area contributed by atoms with Crippen LogP contribution in [0.4, 0.5) is 0 Å². The third kappa shape index (κ3) is 5.58. The van der Waals surface area contributed by atoms with E-state index >= 15 is 0 Å². The lowest BCUT2D eigenvalue weighted by atomic mass is 9.85. The van der Waals surface area contributed by atoms with Crippen LogP contribution in [0.2, 0.25) is 0 Å². The molecule has 0 atom stereocenters. The first-order chi connectivity index (χ1) is 17.7. The zero-order chi connectivity index (χ0) is 26.0. The maximum Gasteiger partial charge on any atom is 0.253 e. The summed E-state index contributed by atoms with van der Waals surface area (Å²) in [6.07, 6.45) is 3.20. The molecule has 7 heteroatoms. The van der Waals surface area contributed by atoms with Crippen molar-refractivity contribution in [2.75, 3.05) is 13.1 Å². The molecule has 1 saturated heterocycles. The molecule has 0 saturated carbocycles. The van der Waals surface area contributed by atoms with Crippen molar-refractivity contribution in [3.8, 4) is 0 Å². The first kappa shape index (κ1) is 25.1. The van der Waals surface area contributed by atoms with Gasteiger partial charge in [0.1, 0.15) is 0 Å². The number of sulfone groups is 1. The molecular weight excluding hydrogens is 484 g/mol. The van der Waals surface area contributed by atoms with Gasteiger partial charge in [-0.3, -0.25) is 9.78 Å². The highest BCUT2D eigenvalue weighted by atomic mass is 32.2. The summed E-state index contributed by atoms with van der Waals surface area (Å²) in [4.78, 5) is 19.3. The van der Waals surface area contributed by atoms with Gasteiger partial charge < -0.3 is 10.0 Å². The van der Waals surface area contributed by atoms with E-state index in [2.05, 4.69) is 11.1 Å². The standard InChI is InChI=1S/C30H30N2O4S/c1-22-5-2-6-24(19-22)20-30(34)14-17-32(18-15-30)29(33)26-12-10-23(11-13-26)21-37(35,36)27-9-3-7-25-8-4-16-31-28(25)27/h2-13,16,19,34H,14-15,17-18,20-21H2,1H3. The minimum Gasteiger partial charge on any atom is -0.389 e. The molecule has 37 heavy (non-hydrogen) atoms. The normalized spacial score (nSPS) is 15.6. The Bertz CT molecular complexity index is 1530. The Morgan fingerprint density at radius 2 is 1.65 bits per heavy atom. The van der Waals surface area contributed by atoms with Gasteiger partial charge in [0.2, 0.25) is 0 Å². The second-order valence-corrected chi connectivity index (χ2v) is 11.9. The number of rotatable bonds is 6. The van der Waals surface area contributed by atoms with E-state index in [0.717, 1.165) is 10.9 Å². The molecule has 0 unspecified atom stereocenters. The van der Waals surface area contributed by atoms with E-state index in [0.29, 0.717) is 49.0 Å². The lowest BCUT2D eigenvalue weighted by Gasteiger charge is -2.38. The molecular formula is C30H30N2O4S. The molecule has 1 aliphatic rings. The molecule has 1 aromatic heterocycles. The number of hydrogen-bond acceptors (Lipinski definition) is 5. The Morgan fingerprint density at radius 1 is 0.946 bits per heavy atom. The van der Waals surface area contributed by atoms with Gasteiger partial charge in [0.15, 0.2) is 9.84 Å². The van der Waals surface area contributed by atoms with E-state index in [1.165, 1.54) is 5.56 Å². The Labute approximate surface area is 217 Å². The molecule has 6 nitrogen and oxygen atoms in total. The lowest BCUT2D eigenvalue weighted by Crippen LogP contribution is -2.47. The molecule has 3 aromatic carbocycles. The van der Waals surface area contributed by atoms with E-state index < -0.39 is 15.4 Å². The monoisotopic (exact) mass is 514 g/mol. The molecule has 0 spiro atoms. The highest BCUT2D eigenvalue weighted by Gasteiger charge is 2.34. The van der Waals surface area contributed by atoms with Crippen LogP contribution in [0.1, 0.15) is 39.9 Å². The van der Waals surface area contributed by atoms with E-state index in [4.69, 9.17) is 0 Å². The molecule has 0 aliphatic carbocycles. The molecule has 1 N–H and O–H groups in total. The van der Waals surface area contributed by atoms with E-state index in [9.17, 15) is 18.3 Å². The topological polar surface area (TPSA) is 87.6 Å². The second kappa shape index (κ2) is 10.1. The van der Waals surface area contributed by atoms with Gasteiger partial charge in [-0.2, -0.15) is 0 Å². The predicted octanol–water partition coefficient (Wildman–Crippen LogP) is 4.73. The summed E-state index contributed by atoms with van der Waals surface area (Å²) in [5.74, 6) is -0.280. The Balaban J connectivity index is 1.23. The fourth-order valence-corrected chi connectivity index (χ4v) is 6.59. The summed E-state index contributed by atoms with van der Waals surface area (Å²) in [5.41, 5.74) is 3.03. The van der Waals surface area contributed by atoms with Crippen LogP contribution >= 0.6 is 0 Å². The van der Waals surface area contributed by atoms with Crippen LogP contribution in [0.25, 0.3) is 10.9 Å². The summed E-state index contributed by atoms with van der Waals surface area (Å²) in [6, 6.07) is 23.7. The van der Waals surface area contributed by atoms with Crippen molar-refractivity contribution in [2.24, 2.45) is 0 Å². The van der Waals surface area contributed by atoms with Crippen molar-refractivity contribution in [1.82, 2.24) is 9.88 Å². The number of aromatic nitrogens is 1. The van der Waals surface area contributed by atoms with E-state index in [1.807, 2.05) is 37.3 Å². The molecule has 0 radical (unpaired) electrons. The number of para-hydroxylation sites is 1. The lowest BCUT2D eigenvalue weighted by molar-refractivity contribution is -0.0162. The average molecular weight is 515 g/mol. The Morgan fingerprint density at radius 3 is 2.38 bits per heavy atom. The van der Waals surface area contributed by atoms with Crippen LogP contribution in [0, 0.1) is 6.92 Å². The molecule has 190 valence electrons. The minimum atomic E-state index is -3.62. The van der Waals surface area contributed by atoms with Crippen LogP contribution in [-0.4, -0.2) is 48.0 Å². The number of carbonyl (C=O) groups excluding carboxylic acids is 1. The Kier molecular flexibility index (Phi) is 6.84. The smallest absolute Gasteiger partial charge is 0.253 e. The quantitative estimate of drug-likeness (QED) is 0.402. The van der Waals surface area contributed by atoms with E-state index in [1.54, 1.807) is 53.6 Å². The number of likely N-dealkylation sites (tertiary alicyclic amines) is 1. The minimum absolute atomic E-state index is 0.106. The highest BCUT2D eigenvalue weighted by molar-refractivity contribution is 7.90. The highest BCUT2D eigenvalue weighted by Crippen LogP contribution is 2.28. The van der Waals surface area contributed by atoms with Crippen LogP contribution in [0.3, 0.4) is 0 Å². The number of aliphatic hydroxyl groups is 1. The first-order valence-electron chi connectivity index (χ1n) is 12.5. The summed E-state index contributed by atoms with van der Waals surface area (Å²) in [5, 5.41) is 11.9. The predicted molar refractivity (Wildman–Crippen MR) is 144 cm³/mol. The van der Waals surface area contributed by atoms with Crippen LogP contribution in [-0.2, 0) is 22.0 Å². The maximum absolute atomic E-state index is 13.2. The number of hydrogen-bond donors (Lipinski definition) is 1. The molecule has 1 amide bonds. The molecule has 1 fully saturated rings. The summed E-state index contributed by atoms with van der Waals surface area (Å²) >= 11 is 0. The van der Waals surface area contributed by atoms with Gasteiger partial charge in [0, 0.05) is 36.7 Å². The van der Waals surface area contributed by atoms with Crippen molar-refractivity contribution in [1.29, 1.82) is 0 Å². The third-order valence-electron chi connectivity index (χ3n) is 7.09. The fraction of sp³-hybridized carbons (Fsp3) is 0.267. The number of amides is 1. The van der Waals surface area contributed by atoms with Gasteiger partial charge in [-0.1, -0.05) is 60.2 Å². The zero-order valence-electron chi connectivity index (χ0n) is 20.8. The molecule has 1 aliphatic heterocycles. The van der Waals surface area contributed by atoms with Gasteiger partial charge in [-0.15, -0.1) is 0 Å². The number of piperidine rings is 1. The number of aryl methyl sites for hydroxylation is 1. The fourth-order valence-electron chi connectivity index (χ4n) is 5.06. The summed E-state index contributed by atoms with van der Waals surface area (Å²) < 4.78 is 26.3. The first-order valence-corrected chi connectivity index (χ1v) is 14.1. The van der Waals surface area contributed by atoms with Gasteiger partial charge >= 0.3 is 0 Å². The maximum atomic E-state index is 13.2. The van der Waals surface area contributed by atoms with Crippen molar-refractivity contribution in [3.05, 3.63) is 107 Å². The number of nitrogens with zero attached hydrogens (tertiary/aromatic N) is 2. The van der Waals surface area contributed by atoms with E-state index in [-0.39, 0.29) is 16.6 Å². The van der Waals surface area contributed by atoms with Crippen molar-refractivity contribution in [3.63, 3.8) is 0 Å². The van der Waals surface area contributed by atoms with Crippen LogP contribution in [0.15, 0.2) is 90.0 Å². The summed E-state index contributed by atoms with van der Waals surface area (Å²) in [7, 11) is -3.62. The second-order valence-electron chi connectivity index (χ2n) is 9.97. The number of pyridine rings is 1. The summed E-state index contributed by atoms with van der Waals surface area (Å²) in [6.45, 7) is 2.99. The van der Waals surface area contributed by atoms with Crippen LogP contribution in [0.5, 0.6) is 0 Å². The van der Waals surface area contributed by atoms with Gasteiger partial charge in [0.05, 0.1) is 21.8 Å². The molecule has 0 bridgehead atoms.